The van der Waals surface area contributed by atoms with E-state index in [9.17, 15) is 18.3 Å². The highest BCUT2D eigenvalue weighted by Gasteiger charge is 2.33. The largest absolute Gasteiger partial charge is 0.395 e. The van der Waals surface area contributed by atoms with Crippen molar-refractivity contribution in [3.05, 3.63) is 29.8 Å². The molecule has 6 nitrogen and oxygen atoms in total. The molecule has 1 saturated heterocycles. The maximum absolute atomic E-state index is 12.6. The molecule has 1 heterocycles. The Morgan fingerprint density at radius 1 is 1.50 bits per heavy atom. The van der Waals surface area contributed by atoms with Gasteiger partial charge in [-0.3, -0.25) is 4.79 Å². The normalized spacial score (nSPS) is 20.8. The lowest BCUT2D eigenvalue weighted by atomic mass is 10.2. The average molecular weight is 299 g/mol. The van der Waals surface area contributed by atoms with Crippen LogP contribution in [-0.2, 0) is 14.8 Å². The van der Waals surface area contributed by atoms with Crippen LogP contribution in [0.4, 0.5) is 0 Å². The Kier molecular flexibility index (Phi) is 4.54. The molecule has 0 saturated carbocycles. The van der Waals surface area contributed by atoms with Crippen LogP contribution in [0.1, 0.15) is 17.3 Å². The summed E-state index contributed by atoms with van der Waals surface area (Å²) in [6.45, 7) is 1.74. The molecule has 0 aromatic heterocycles. The first-order valence-electron chi connectivity index (χ1n) is 6.28. The molecule has 20 heavy (non-hydrogen) atoms. The molecule has 1 aromatic rings. The number of benzene rings is 1. The van der Waals surface area contributed by atoms with Crippen LogP contribution in [0.15, 0.2) is 29.2 Å². The zero-order valence-electron chi connectivity index (χ0n) is 11.2. The number of ketones is 1. The second-order valence-corrected chi connectivity index (χ2v) is 6.50. The van der Waals surface area contributed by atoms with Gasteiger partial charge < -0.3 is 9.84 Å². The maximum atomic E-state index is 12.6. The summed E-state index contributed by atoms with van der Waals surface area (Å²) >= 11 is 0. The minimum absolute atomic E-state index is 0.0607. The molecule has 7 heteroatoms. The first-order valence-corrected chi connectivity index (χ1v) is 7.72. The number of Topliss-reactive ketones (excluding diaryl/α,β-unsaturated/α-hetero) is 1. The SMILES string of the molecule is CC(=O)c1cccc(S(=O)(=O)N2CCOCC2CO)c1. The molecule has 1 aromatic carbocycles. The first kappa shape index (κ1) is 15.1. The second-order valence-electron chi connectivity index (χ2n) is 4.61. The third-order valence-corrected chi connectivity index (χ3v) is 5.18. The van der Waals surface area contributed by atoms with Gasteiger partial charge in [-0.1, -0.05) is 12.1 Å². The number of carbonyl (C=O) groups is 1. The van der Waals surface area contributed by atoms with E-state index >= 15 is 0 Å². The van der Waals surface area contributed by atoms with E-state index in [0.717, 1.165) is 0 Å². The summed E-state index contributed by atoms with van der Waals surface area (Å²) in [5, 5.41) is 9.27. The van der Waals surface area contributed by atoms with E-state index in [4.69, 9.17) is 4.74 Å². The Bertz CT molecular complexity index is 599. The van der Waals surface area contributed by atoms with Gasteiger partial charge in [0.05, 0.1) is 30.8 Å². The highest BCUT2D eigenvalue weighted by Crippen LogP contribution is 2.21. The van der Waals surface area contributed by atoms with E-state index in [1.54, 1.807) is 6.07 Å². The van der Waals surface area contributed by atoms with Crippen molar-refractivity contribution in [3.8, 4) is 0 Å². The number of aliphatic hydroxyl groups is 1. The van der Waals surface area contributed by atoms with Crippen molar-refractivity contribution in [2.75, 3.05) is 26.4 Å². The molecule has 0 radical (unpaired) electrons. The van der Waals surface area contributed by atoms with Gasteiger partial charge in [0.2, 0.25) is 10.0 Å². The van der Waals surface area contributed by atoms with Crippen molar-refractivity contribution in [1.29, 1.82) is 0 Å². The van der Waals surface area contributed by atoms with Crippen molar-refractivity contribution in [2.45, 2.75) is 17.9 Å². The monoisotopic (exact) mass is 299 g/mol. The molecule has 1 fully saturated rings. The summed E-state index contributed by atoms with van der Waals surface area (Å²) in [6, 6.07) is 5.34. The van der Waals surface area contributed by atoms with Crippen molar-refractivity contribution in [2.24, 2.45) is 0 Å². The minimum atomic E-state index is -3.74. The Morgan fingerprint density at radius 2 is 2.25 bits per heavy atom. The summed E-state index contributed by atoms with van der Waals surface area (Å²) in [5.74, 6) is -0.192. The van der Waals surface area contributed by atoms with Gasteiger partial charge in [0.1, 0.15) is 0 Å². The summed E-state index contributed by atoms with van der Waals surface area (Å²) in [4.78, 5) is 11.4. The lowest BCUT2D eigenvalue weighted by Gasteiger charge is -2.33. The lowest BCUT2D eigenvalue weighted by Crippen LogP contribution is -2.50. The Morgan fingerprint density at radius 3 is 2.90 bits per heavy atom. The second kappa shape index (κ2) is 6.01. The number of hydrogen-bond acceptors (Lipinski definition) is 5. The minimum Gasteiger partial charge on any atom is -0.395 e. The molecule has 1 N–H and O–H groups in total. The average Bonchev–Trinajstić information content (AvgIpc) is 2.47. The number of hydrogen-bond donors (Lipinski definition) is 1. The van der Waals surface area contributed by atoms with Gasteiger partial charge in [0.15, 0.2) is 5.78 Å². The molecule has 1 unspecified atom stereocenters. The molecule has 0 amide bonds. The van der Waals surface area contributed by atoms with Crippen LogP contribution in [-0.4, -0.2) is 56.0 Å². The highest BCUT2D eigenvalue weighted by atomic mass is 32.2. The molecule has 0 aliphatic carbocycles. The fourth-order valence-corrected chi connectivity index (χ4v) is 3.74. The van der Waals surface area contributed by atoms with Crippen LogP contribution < -0.4 is 0 Å². The van der Waals surface area contributed by atoms with E-state index < -0.39 is 16.1 Å². The van der Waals surface area contributed by atoms with Crippen LogP contribution in [0, 0.1) is 0 Å². The first-order chi connectivity index (χ1) is 9.46. The van der Waals surface area contributed by atoms with Gasteiger partial charge in [-0.05, 0) is 19.1 Å². The quantitative estimate of drug-likeness (QED) is 0.807. The smallest absolute Gasteiger partial charge is 0.243 e. The van der Waals surface area contributed by atoms with Gasteiger partial charge in [0.25, 0.3) is 0 Å². The van der Waals surface area contributed by atoms with Gasteiger partial charge in [-0.2, -0.15) is 4.31 Å². The zero-order valence-corrected chi connectivity index (χ0v) is 12.0. The summed E-state index contributed by atoms with van der Waals surface area (Å²) in [6.07, 6.45) is 0. The number of ether oxygens (including phenoxy) is 1. The van der Waals surface area contributed by atoms with Gasteiger partial charge in [0, 0.05) is 12.1 Å². The highest BCUT2D eigenvalue weighted by molar-refractivity contribution is 7.89. The number of aliphatic hydroxyl groups excluding tert-OH is 1. The molecular weight excluding hydrogens is 282 g/mol. The predicted molar refractivity (Wildman–Crippen MR) is 72.0 cm³/mol. The molecule has 1 aliphatic heterocycles. The summed E-state index contributed by atoms with van der Waals surface area (Å²) in [5.41, 5.74) is 0.347. The van der Waals surface area contributed by atoms with Crippen LogP contribution >= 0.6 is 0 Å². The summed E-state index contributed by atoms with van der Waals surface area (Å²) < 4.78 is 31.6. The van der Waals surface area contributed by atoms with Crippen LogP contribution in [0.3, 0.4) is 0 Å². The molecule has 1 atom stereocenters. The number of morpholine rings is 1. The van der Waals surface area contributed by atoms with Crippen LogP contribution in [0.25, 0.3) is 0 Å². The third kappa shape index (κ3) is 2.90. The topological polar surface area (TPSA) is 83.9 Å². The standard InChI is InChI=1S/C13H17NO5S/c1-10(16)11-3-2-4-13(7-11)20(17,18)14-5-6-19-9-12(14)8-15/h2-4,7,12,15H,5-6,8-9H2,1H3. The Balaban J connectivity index is 2.38. The molecule has 0 bridgehead atoms. The molecule has 1 aliphatic rings. The van der Waals surface area contributed by atoms with Crippen molar-refractivity contribution < 1.29 is 23.1 Å². The number of rotatable bonds is 4. The van der Waals surface area contributed by atoms with Crippen molar-refractivity contribution >= 4 is 15.8 Å². The molecule has 2 rings (SSSR count). The number of nitrogens with zero attached hydrogens (tertiary/aromatic N) is 1. The number of sulfonamides is 1. The third-order valence-electron chi connectivity index (χ3n) is 3.23. The van der Waals surface area contributed by atoms with E-state index in [1.165, 1.54) is 29.4 Å². The van der Waals surface area contributed by atoms with Crippen LogP contribution in [0.2, 0.25) is 0 Å². The summed E-state index contributed by atoms with van der Waals surface area (Å²) in [7, 11) is -3.74. The Hall–Kier alpha value is -1.28. The van der Waals surface area contributed by atoms with Crippen molar-refractivity contribution in [1.82, 2.24) is 4.31 Å². The van der Waals surface area contributed by atoms with E-state index in [0.29, 0.717) is 12.2 Å². The van der Waals surface area contributed by atoms with Crippen LogP contribution in [0.5, 0.6) is 0 Å². The van der Waals surface area contributed by atoms with E-state index in [1.807, 2.05) is 0 Å². The van der Waals surface area contributed by atoms with E-state index in [2.05, 4.69) is 0 Å². The maximum Gasteiger partial charge on any atom is 0.243 e. The fraction of sp³-hybridized carbons (Fsp3) is 0.462. The Labute approximate surface area is 118 Å². The fourth-order valence-electron chi connectivity index (χ4n) is 2.11. The molecule has 110 valence electrons. The molecule has 0 spiro atoms. The number of carbonyl (C=O) groups excluding carboxylic acids is 1. The predicted octanol–water partition coefficient (Wildman–Crippen LogP) is 0.271. The van der Waals surface area contributed by atoms with E-state index in [-0.39, 0.29) is 30.4 Å². The molecular formula is C13H17NO5S. The van der Waals surface area contributed by atoms with Crippen molar-refractivity contribution in [3.63, 3.8) is 0 Å². The van der Waals surface area contributed by atoms with Gasteiger partial charge in [-0.25, -0.2) is 8.42 Å². The van der Waals surface area contributed by atoms with Gasteiger partial charge in [-0.15, -0.1) is 0 Å². The lowest BCUT2D eigenvalue weighted by molar-refractivity contribution is 0.0109. The zero-order chi connectivity index (χ0) is 14.8. The van der Waals surface area contributed by atoms with Gasteiger partial charge >= 0.3 is 0 Å².